The minimum atomic E-state index is -1.16. The minimum Gasteiger partial charge on any atom is -0.472 e. The molecule has 6 aromatic rings. The van der Waals surface area contributed by atoms with Gasteiger partial charge in [0, 0.05) is 51.8 Å². The van der Waals surface area contributed by atoms with E-state index < -0.39 is 17.8 Å². The number of morpholine rings is 1. The highest BCUT2D eigenvalue weighted by Crippen LogP contribution is 2.60. The van der Waals surface area contributed by atoms with Crippen molar-refractivity contribution in [3.05, 3.63) is 143 Å². The van der Waals surface area contributed by atoms with Gasteiger partial charge in [-0.1, -0.05) is 105 Å². The van der Waals surface area contributed by atoms with Crippen LogP contribution in [0.15, 0.2) is 103 Å². The molecule has 1 saturated heterocycles. The summed E-state index contributed by atoms with van der Waals surface area (Å²) in [6.45, 7) is 7.66. The molecule has 1 aliphatic carbocycles. The van der Waals surface area contributed by atoms with Gasteiger partial charge < -0.3 is 14.4 Å². The van der Waals surface area contributed by atoms with Gasteiger partial charge in [-0.05, 0) is 58.7 Å². The van der Waals surface area contributed by atoms with Crippen molar-refractivity contribution in [2.24, 2.45) is 0 Å². The fraction of sp³-hybridized carbons (Fsp3) is 0.233. The van der Waals surface area contributed by atoms with Crippen molar-refractivity contribution in [1.29, 1.82) is 0 Å². The Morgan fingerprint density at radius 3 is 2.04 bits per heavy atom. The van der Waals surface area contributed by atoms with Gasteiger partial charge in [-0.25, -0.2) is 0 Å². The number of ether oxygens (including phenoxy) is 2. The predicted octanol–water partition coefficient (Wildman–Crippen LogP) is 9.24. The van der Waals surface area contributed by atoms with E-state index in [-0.39, 0.29) is 11.2 Å². The van der Waals surface area contributed by atoms with Gasteiger partial charge in [0.15, 0.2) is 11.4 Å². The first-order chi connectivity index (χ1) is 25.0. The first kappa shape index (κ1) is 31.5. The highest BCUT2D eigenvalue weighted by atomic mass is 19.1. The van der Waals surface area contributed by atoms with Crippen LogP contribution in [0.4, 0.5) is 14.5 Å². The molecule has 5 aromatic carbocycles. The zero-order chi connectivity index (χ0) is 34.7. The van der Waals surface area contributed by atoms with E-state index in [9.17, 15) is 8.78 Å². The van der Waals surface area contributed by atoms with Gasteiger partial charge in [0.1, 0.15) is 5.75 Å². The second kappa shape index (κ2) is 12.1. The molecule has 0 radical (unpaired) electrons. The third-order valence-electron chi connectivity index (χ3n) is 11.2. The van der Waals surface area contributed by atoms with Crippen molar-refractivity contribution in [3.63, 3.8) is 0 Å². The van der Waals surface area contributed by atoms with E-state index in [4.69, 9.17) is 9.47 Å². The fourth-order valence-corrected chi connectivity index (χ4v) is 8.65. The van der Waals surface area contributed by atoms with Crippen LogP contribution < -0.4 is 9.64 Å². The van der Waals surface area contributed by atoms with Gasteiger partial charge >= 0.3 is 12.2 Å². The SMILES string of the molecule is CCC1(CC)c2ccccc2-c2c1c1c(c3ccccc23)OC(c2ccc(-c3nc(F)nc(F)n3)cc2)(c2ccc(N3CCOCC3)cc2)C=C1. The van der Waals surface area contributed by atoms with Crippen molar-refractivity contribution in [3.8, 4) is 28.3 Å². The number of hydrogen-bond acceptors (Lipinski definition) is 6. The number of fused-ring (bicyclic) bond motifs is 8. The summed E-state index contributed by atoms with van der Waals surface area (Å²) in [6, 6.07) is 33.4. The van der Waals surface area contributed by atoms with E-state index in [1.54, 1.807) is 12.1 Å². The van der Waals surface area contributed by atoms with Crippen LogP contribution in [0.2, 0.25) is 0 Å². The summed E-state index contributed by atoms with van der Waals surface area (Å²) in [7, 11) is 0. The van der Waals surface area contributed by atoms with Crippen LogP contribution in [0.1, 0.15) is 54.5 Å². The van der Waals surface area contributed by atoms with Crippen LogP contribution in [0.3, 0.4) is 0 Å². The van der Waals surface area contributed by atoms with E-state index in [0.717, 1.165) is 59.4 Å². The van der Waals surface area contributed by atoms with Crippen LogP contribution in [0, 0.1) is 12.2 Å². The predicted molar refractivity (Wildman–Crippen MR) is 196 cm³/mol. The Morgan fingerprint density at radius 2 is 1.35 bits per heavy atom. The summed E-state index contributed by atoms with van der Waals surface area (Å²) in [4.78, 5) is 12.8. The van der Waals surface area contributed by atoms with Crippen molar-refractivity contribution in [1.82, 2.24) is 15.0 Å². The van der Waals surface area contributed by atoms with E-state index in [2.05, 4.69) is 119 Å². The van der Waals surface area contributed by atoms with Crippen molar-refractivity contribution in [2.75, 3.05) is 31.2 Å². The van der Waals surface area contributed by atoms with E-state index in [0.29, 0.717) is 18.8 Å². The molecule has 1 unspecified atom stereocenters. The van der Waals surface area contributed by atoms with Crippen LogP contribution in [0.25, 0.3) is 39.4 Å². The summed E-state index contributed by atoms with van der Waals surface area (Å²) >= 11 is 0. The zero-order valence-corrected chi connectivity index (χ0v) is 28.5. The molecule has 1 atom stereocenters. The molecule has 3 heterocycles. The molecule has 9 rings (SSSR count). The van der Waals surface area contributed by atoms with E-state index in [1.807, 2.05) is 12.1 Å². The Labute approximate surface area is 295 Å². The van der Waals surface area contributed by atoms with Gasteiger partial charge in [0.2, 0.25) is 0 Å². The highest BCUT2D eigenvalue weighted by Gasteiger charge is 2.46. The normalized spacial score (nSPS) is 18.6. The van der Waals surface area contributed by atoms with Gasteiger partial charge in [0.05, 0.1) is 13.2 Å². The Bertz CT molecular complexity index is 2310. The van der Waals surface area contributed by atoms with Gasteiger partial charge in [-0.15, -0.1) is 0 Å². The summed E-state index contributed by atoms with van der Waals surface area (Å²) in [6.07, 6.45) is 4.02. The molecular weight excluding hydrogens is 642 g/mol. The topological polar surface area (TPSA) is 60.4 Å². The summed E-state index contributed by atoms with van der Waals surface area (Å²) in [5.41, 5.74) is 8.61. The van der Waals surface area contributed by atoms with Crippen molar-refractivity contribution >= 4 is 22.5 Å². The number of hydrogen-bond donors (Lipinski definition) is 0. The largest absolute Gasteiger partial charge is 0.472 e. The minimum absolute atomic E-state index is 0.0718. The number of anilines is 1. The Morgan fingerprint density at radius 1 is 0.725 bits per heavy atom. The first-order valence-electron chi connectivity index (χ1n) is 17.6. The van der Waals surface area contributed by atoms with Crippen LogP contribution in [-0.2, 0) is 15.8 Å². The fourth-order valence-electron chi connectivity index (χ4n) is 8.65. The molecule has 3 aliphatic rings. The standard InChI is InChI=1S/C43H36F2N4O2/c1-3-42(4-2)35-12-8-7-11-33(35)36-31-9-5-6-10-32(31)38-34(37(36)42)21-22-43(51-38,29-17-19-30(20-18-29)49-23-25-50-26-24-49)28-15-13-27(14-16-28)39-46-40(44)48-41(45)47-39/h5-22H,3-4,23-26H2,1-2H3. The average Bonchev–Trinajstić information content (AvgIpc) is 3.49. The maximum Gasteiger partial charge on any atom is 0.314 e. The number of nitrogens with zero attached hydrogens (tertiary/aromatic N) is 4. The lowest BCUT2D eigenvalue weighted by Gasteiger charge is -2.39. The number of rotatable bonds is 6. The molecule has 1 aromatic heterocycles. The quantitative estimate of drug-likeness (QED) is 0.175. The molecule has 0 spiro atoms. The second-order valence-electron chi connectivity index (χ2n) is 13.5. The highest BCUT2D eigenvalue weighted by molar-refractivity contribution is 6.08. The Balaban J connectivity index is 1.25. The van der Waals surface area contributed by atoms with E-state index in [1.165, 1.54) is 27.6 Å². The molecule has 6 nitrogen and oxygen atoms in total. The van der Waals surface area contributed by atoms with Gasteiger partial charge in [-0.3, -0.25) is 0 Å². The summed E-state index contributed by atoms with van der Waals surface area (Å²) in [5, 5.41) is 2.22. The molecular formula is C43H36F2N4O2. The number of halogens is 2. The second-order valence-corrected chi connectivity index (χ2v) is 13.5. The molecule has 2 aliphatic heterocycles. The van der Waals surface area contributed by atoms with Crippen molar-refractivity contribution in [2.45, 2.75) is 37.7 Å². The lowest BCUT2D eigenvalue weighted by molar-refractivity contribution is 0.122. The smallest absolute Gasteiger partial charge is 0.314 e. The Kier molecular flexibility index (Phi) is 7.47. The zero-order valence-electron chi connectivity index (χ0n) is 28.5. The van der Waals surface area contributed by atoms with E-state index >= 15 is 0 Å². The molecule has 0 bridgehead atoms. The third-order valence-corrected chi connectivity index (χ3v) is 11.2. The maximum absolute atomic E-state index is 13.9. The third kappa shape index (κ3) is 4.80. The first-order valence-corrected chi connectivity index (χ1v) is 17.6. The lowest BCUT2D eigenvalue weighted by atomic mass is 9.71. The van der Waals surface area contributed by atoms with Gasteiger partial charge in [-0.2, -0.15) is 23.7 Å². The number of aromatic nitrogens is 3. The molecule has 0 N–H and O–H groups in total. The summed E-state index contributed by atoms with van der Waals surface area (Å²) < 4.78 is 41.0. The van der Waals surface area contributed by atoms with Gasteiger partial charge in [0.25, 0.3) is 0 Å². The average molecular weight is 679 g/mol. The molecule has 0 saturated carbocycles. The Hall–Kier alpha value is -5.47. The monoisotopic (exact) mass is 678 g/mol. The molecule has 1 fully saturated rings. The number of benzene rings is 5. The summed E-state index contributed by atoms with van der Waals surface area (Å²) in [5.74, 6) is 0.770. The maximum atomic E-state index is 13.9. The van der Waals surface area contributed by atoms with Crippen molar-refractivity contribution < 1.29 is 18.3 Å². The molecule has 51 heavy (non-hydrogen) atoms. The van der Waals surface area contributed by atoms with Crippen LogP contribution >= 0.6 is 0 Å². The lowest BCUT2D eigenvalue weighted by Crippen LogP contribution is -2.37. The molecule has 8 heteroatoms. The molecule has 0 amide bonds. The van der Waals surface area contributed by atoms with Crippen LogP contribution in [-0.4, -0.2) is 41.3 Å². The molecule has 254 valence electrons. The van der Waals surface area contributed by atoms with Crippen LogP contribution in [0.5, 0.6) is 5.75 Å².